The highest BCUT2D eigenvalue weighted by atomic mass is 16.7. The molecule has 3 N–H and O–H groups in total. The number of urea groups is 1. The lowest BCUT2D eigenvalue weighted by atomic mass is 10.0. The zero-order valence-electron chi connectivity index (χ0n) is 15.8. The van der Waals surface area contributed by atoms with Gasteiger partial charge in [0.1, 0.15) is 0 Å². The molecule has 8 nitrogen and oxygen atoms in total. The van der Waals surface area contributed by atoms with Crippen molar-refractivity contribution in [2.75, 3.05) is 17.4 Å². The Morgan fingerprint density at radius 3 is 2.57 bits per heavy atom. The Hall–Kier alpha value is -4.33. The lowest BCUT2D eigenvalue weighted by Crippen LogP contribution is -2.19. The summed E-state index contributed by atoms with van der Waals surface area (Å²) >= 11 is 0. The lowest BCUT2D eigenvalue weighted by molar-refractivity contribution is 0.174. The van der Waals surface area contributed by atoms with Crippen molar-refractivity contribution in [2.45, 2.75) is 0 Å². The molecule has 2 aromatic carbocycles. The lowest BCUT2D eigenvalue weighted by Gasteiger charge is -2.10. The number of amides is 2. The summed E-state index contributed by atoms with van der Waals surface area (Å²) in [7, 11) is 0. The fourth-order valence-corrected chi connectivity index (χ4v) is 3.28. The summed E-state index contributed by atoms with van der Waals surface area (Å²) in [5, 5.41) is 12.9. The Balaban J connectivity index is 1.34. The van der Waals surface area contributed by atoms with Gasteiger partial charge in [-0.3, -0.25) is 10.1 Å². The number of anilines is 2. The van der Waals surface area contributed by atoms with Crippen molar-refractivity contribution in [1.82, 2.24) is 15.2 Å². The molecule has 2 amide bonds. The van der Waals surface area contributed by atoms with E-state index in [2.05, 4.69) is 25.8 Å². The molecule has 0 atom stereocenters. The van der Waals surface area contributed by atoms with Crippen LogP contribution >= 0.6 is 0 Å². The number of H-pyrrole nitrogens is 1. The highest BCUT2D eigenvalue weighted by Gasteiger charge is 2.15. The minimum Gasteiger partial charge on any atom is -0.454 e. The van der Waals surface area contributed by atoms with Gasteiger partial charge in [0, 0.05) is 41.0 Å². The van der Waals surface area contributed by atoms with Gasteiger partial charge in [-0.2, -0.15) is 5.10 Å². The maximum absolute atomic E-state index is 12.4. The number of rotatable bonds is 4. The van der Waals surface area contributed by atoms with E-state index in [4.69, 9.17) is 9.47 Å². The summed E-state index contributed by atoms with van der Waals surface area (Å²) < 4.78 is 10.6. The van der Waals surface area contributed by atoms with Gasteiger partial charge in [-0.1, -0.05) is 12.1 Å². The number of hydrogen-bond acceptors (Lipinski definition) is 5. The molecule has 2 aromatic heterocycles. The van der Waals surface area contributed by atoms with Gasteiger partial charge in [0.2, 0.25) is 6.79 Å². The number of pyridine rings is 1. The SMILES string of the molecule is O=C(Nc1cccc(-c2[nH]ncc2-c2ccncc2)c1)Nc1ccc2c(c1)OCO2. The third kappa shape index (κ3) is 3.53. The molecule has 148 valence electrons. The highest BCUT2D eigenvalue weighted by molar-refractivity contribution is 6.00. The van der Waals surface area contributed by atoms with Crippen LogP contribution in [-0.4, -0.2) is 28.0 Å². The van der Waals surface area contributed by atoms with Gasteiger partial charge in [0.25, 0.3) is 0 Å². The molecule has 0 saturated heterocycles. The van der Waals surface area contributed by atoms with E-state index in [0.29, 0.717) is 22.9 Å². The van der Waals surface area contributed by atoms with E-state index >= 15 is 0 Å². The van der Waals surface area contributed by atoms with Gasteiger partial charge >= 0.3 is 6.03 Å². The molecular weight excluding hydrogens is 382 g/mol. The number of carbonyl (C=O) groups excluding carboxylic acids is 1. The van der Waals surface area contributed by atoms with Crippen LogP contribution in [0.2, 0.25) is 0 Å². The minimum absolute atomic E-state index is 0.187. The Morgan fingerprint density at radius 1 is 0.900 bits per heavy atom. The Morgan fingerprint density at radius 2 is 1.70 bits per heavy atom. The van der Waals surface area contributed by atoms with Crippen molar-refractivity contribution in [3.8, 4) is 33.9 Å². The molecule has 0 spiro atoms. The fourth-order valence-electron chi connectivity index (χ4n) is 3.28. The largest absolute Gasteiger partial charge is 0.454 e. The van der Waals surface area contributed by atoms with E-state index in [0.717, 1.165) is 22.4 Å². The van der Waals surface area contributed by atoms with E-state index in [1.54, 1.807) is 36.8 Å². The highest BCUT2D eigenvalue weighted by Crippen LogP contribution is 2.34. The molecule has 0 unspecified atom stereocenters. The van der Waals surface area contributed by atoms with Gasteiger partial charge in [-0.05, 0) is 42.0 Å². The van der Waals surface area contributed by atoms with Gasteiger partial charge in [-0.15, -0.1) is 0 Å². The fraction of sp³-hybridized carbons (Fsp3) is 0.0455. The first-order valence-corrected chi connectivity index (χ1v) is 9.28. The number of aromatic nitrogens is 3. The summed E-state index contributed by atoms with van der Waals surface area (Å²) in [6.45, 7) is 0.187. The molecular formula is C22H17N5O3. The first-order chi connectivity index (χ1) is 14.8. The van der Waals surface area contributed by atoms with Crippen LogP contribution in [0.1, 0.15) is 0 Å². The van der Waals surface area contributed by atoms with Crippen molar-refractivity contribution in [2.24, 2.45) is 0 Å². The Bertz CT molecular complexity index is 1210. The smallest absolute Gasteiger partial charge is 0.323 e. The summed E-state index contributed by atoms with van der Waals surface area (Å²) in [4.78, 5) is 16.5. The topological polar surface area (TPSA) is 101 Å². The molecule has 0 aliphatic carbocycles. The van der Waals surface area contributed by atoms with E-state index in [1.165, 1.54) is 0 Å². The van der Waals surface area contributed by atoms with Crippen LogP contribution in [-0.2, 0) is 0 Å². The number of carbonyl (C=O) groups is 1. The molecule has 0 bridgehead atoms. The molecule has 0 fully saturated rings. The second kappa shape index (κ2) is 7.59. The zero-order chi connectivity index (χ0) is 20.3. The van der Waals surface area contributed by atoms with Crippen molar-refractivity contribution in [3.05, 3.63) is 73.2 Å². The monoisotopic (exact) mass is 399 g/mol. The van der Waals surface area contributed by atoms with Crippen LogP contribution in [0.3, 0.4) is 0 Å². The molecule has 3 heterocycles. The van der Waals surface area contributed by atoms with E-state index in [-0.39, 0.29) is 12.8 Å². The molecule has 1 aliphatic rings. The maximum atomic E-state index is 12.4. The normalized spacial score (nSPS) is 11.9. The van der Waals surface area contributed by atoms with Crippen LogP contribution in [0.25, 0.3) is 22.4 Å². The molecule has 0 radical (unpaired) electrons. The van der Waals surface area contributed by atoms with Crippen molar-refractivity contribution < 1.29 is 14.3 Å². The van der Waals surface area contributed by atoms with Gasteiger partial charge in [0.15, 0.2) is 11.5 Å². The van der Waals surface area contributed by atoms with Gasteiger partial charge < -0.3 is 20.1 Å². The van der Waals surface area contributed by atoms with Crippen LogP contribution in [0, 0.1) is 0 Å². The van der Waals surface area contributed by atoms with E-state index < -0.39 is 0 Å². The first-order valence-electron chi connectivity index (χ1n) is 9.28. The molecule has 8 heteroatoms. The number of benzene rings is 2. The van der Waals surface area contributed by atoms with E-state index in [1.807, 2.05) is 36.4 Å². The molecule has 5 rings (SSSR count). The summed E-state index contributed by atoms with van der Waals surface area (Å²) in [6.07, 6.45) is 5.26. The van der Waals surface area contributed by atoms with Crippen LogP contribution in [0.5, 0.6) is 11.5 Å². The number of ether oxygens (including phenoxy) is 2. The van der Waals surface area contributed by atoms with Crippen LogP contribution in [0.15, 0.2) is 73.2 Å². The Kier molecular flexibility index (Phi) is 4.49. The quantitative estimate of drug-likeness (QED) is 0.469. The van der Waals surface area contributed by atoms with Crippen molar-refractivity contribution >= 4 is 17.4 Å². The average Bonchev–Trinajstić information content (AvgIpc) is 3.44. The number of fused-ring (bicyclic) bond motifs is 1. The minimum atomic E-state index is -0.356. The number of aromatic amines is 1. The van der Waals surface area contributed by atoms with Crippen LogP contribution in [0.4, 0.5) is 16.2 Å². The van der Waals surface area contributed by atoms with E-state index in [9.17, 15) is 4.79 Å². The molecule has 1 aliphatic heterocycles. The molecule has 0 saturated carbocycles. The summed E-state index contributed by atoms with van der Waals surface area (Å²) in [5.41, 5.74) is 5.00. The van der Waals surface area contributed by atoms with Gasteiger partial charge in [0.05, 0.1) is 11.9 Å². The Labute approximate surface area is 171 Å². The third-order valence-electron chi connectivity index (χ3n) is 4.67. The molecule has 30 heavy (non-hydrogen) atoms. The van der Waals surface area contributed by atoms with Crippen LogP contribution < -0.4 is 20.1 Å². The second-order valence-corrected chi connectivity index (χ2v) is 6.62. The second-order valence-electron chi connectivity index (χ2n) is 6.62. The third-order valence-corrected chi connectivity index (χ3v) is 4.67. The first kappa shape index (κ1) is 17.7. The van der Waals surface area contributed by atoms with Gasteiger partial charge in [-0.25, -0.2) is 4.79 Å². The summed E-state index contributed by atoms with van der Waals surface area (Å²) in [6, 6.07) is 16.3. The average molecular weight is 399 g/mol. The zero-order valence-corrected chi connectivity index (χ0v) is 15.8. The standard InChI is InChI=1S/C22H17N5O3/c28-22(26-17-4-5-19-20(11-17)30-13-29-19)25-16-3-1-2-15(10-16)21-18(12-24-27-21)14-6-8-23-9-7-14/h1-12H,13H2,(H,24,27)(H2,25,26,28). The maximum Gasteiger partial charge on any atom is 0.323 e. The predicted octanol–water partition coefficient (Wildman–Crippen LogP) is 4.51. The number of hydrogen-bond donors (Lipinski definition) is 3. The van der Waals surface area contributed by atoms with Crippen molar-refractivity contribution in [3.63, 3.8) is 0 Å². The molecule has 4 aromatic rings. The number of nitrogens with zero attached hydrogens (tertiary/aromatic N) is 2. The van der Waals surface area contributed by atoms with Crippen molar-refractivity contribution in [1.29, 1.82) is 0 Å². The number of nitrogens with one attached hydrogen (secondary N) is 3. The predicted molar refractivity (Wildman–Crippen MR) is 112 cm³/mol. The summed E-state index contributed by atoms with van der Waals surface area (Å²) in [5.74, 6) is 1.27.